The molecule has 0 amide bonds. The molecule has 106 valence electrons. The maximum Gasteiger partial charge on any atom is 0.146 e. The van der Waals surface area contributed by atoms with Gasteiger partial charge >= 0.3 is 0 Å². The third-order valence-corrected chi connectivity index (χ3v) is 4.01. The minimum absolute atomic E-state index is 0.262. The van der Waals surface area contributed by atoms with Gasteiger partial charge in [0.2, 0.25) is 0 Å². The average Bonchev–Trinajstić information content (AvgIpc) is 2.74. The topological polar surface area (TPSA) is 26.7 Å². The number of anilines is 1. The predicted octanol–water partition coefficient (Wildman–Crippen LogP) is 2.41. The number of likely N-dealkylation sites (tertiary alicyclic amines) is 1. The van der Waals surface area contributed by atoms with Gasteiger partial charge in [-0.25, -0.2) is 4.39 Å². The summed E-state index contributed by atoms with van der Waals surface area (Å²) in [6.07, 6.45) is 1.70. The van der Waals surface area contributed by atoms with E-state index in [1.165, 1.54) is 12.5 Å². The molecular weight excluding hydrogens is 243 g/mol. The monoisotopic (exact) mass is 266 g/mol. The number of aliphatic hydroxyl groups is 1. The Labute approximate surface area is 114 Å². The van der Waals surface area contributed by atoms with E-state index in [9.17, 15) is 9.50 Å². The lowest BCUT2D eigenvalue weighted by molar-refractivity contribution is 0.199. The Morgan fingerprint density at radius 1 is 1.53 bits per heavy atom. The Bertz CT molecular complexity index is 436. The molecule has 0 aromatic heterocycles. The fourth-order valence-electron chi connectivity index (χ4n) is 2.89. The summed E-state index contributed by atoms with van der Waals surface area (Å²) >= 11 is 0. The van der Waals surface area contributed by atoms with Crippen LogP contribution in [0.1, 0.15) is 31.4 Å². The van der Waals surface area contributed by atoms with E-state index < -0.39 is 6.10 Å². The van der Waals surface area contributed by atoms with Gasteiger partial charge < -0.3 is 14.9 Å². The van der Waals surface area contributed by atoms with Gasteiger partial charge in [0.05, 0.1) is 11.8 Å². The Kier molecular flexibility index (Phi) is 4.42. The average molecular weight is 266 g/mol. The van der Waals surface area contributed by atoms with E-state index in [-0.39, 0.29) is 5.82 Å². The van der Waals surface area contributed by atoms with Gasteiger partial charge in [-0.3, -0.25) is 0 Å². The molecule has 1 aromatic carbocycles. The summed E-state index contributed by atoms with van der Waals surface area (Å²) in [5, 5.41) is 9.79. The molecule has 4 heteroatoms. The number of nitrogens with zero attached hydrogens (tertiary/aromatic N) is 2. The fourth-order valence-corrected chi connectivity index (χ4v) is 2.89. The van der Waals surface area contributed by atoms with Crippen LogP contribution in [0.4, 0.5) is 10.1 Å². The summed E-state index contributed by atoms with van der Waals surface area (Å²) in [6.45, 7) is 3.57. The molecule has 0 radical (unpaired) electrons. The zero-order valence-corrected chi connectivity index (χ0v) is 11.9. The van der Waals surface area contributed by atoms with Crippen molar-refractivity contribution >= 4 is 5.69 Å². The van der Waals surface area contributed by atoms with Gasteiger partial charge in [0.15, 0.2) is 0 Å². The number of likely N-dealkylation sites (N-methyl/N-ethyl adjacent to an activating group) is 2. The third-order valence-electron chi connectivity index (χ3n) is 4.01. The third kappa shape index (κ3) is 3.07. The second kappa shape index (κ2) is 5.88. The van der Waals surface area contributed by atoms with Gasteiger partial charge in [-0.2, -0.15) is 0 Å². The highest BCUT2D eigenvalue weighted by molar-refractivity contribution is 5.55. The van der Waals surface area contributed by atoms with Gasteiger partial charge in [0.25, 0.3) is 0 Å². The van der Waals surface area contributed by atoms with Crippen LogP contribution in [0.25, 0.3) is 0 Å². The highest BCUT2D eigenvalue weighted by atomic mass is 19.1. The van der Waals surface area contributed by atoms with Crippen molar-refractivity contribution in [2.45, 2.75) is 31.9 Å². The summed E-state index contributed by atoms with van der Waals surface area (Å²) < 4.78 is 14.1. The SMILES string of the molecule is C[C@@H](O)c1cccc(F)c1N(C)CC1CCCN1C. The summed E-state index contributed by atoms with van der Waals surface area (Å²) in [7, 11) is 4.01. The maximum absolute atomic E-state index is 14.1. The zero-order valence-electron chi connectivity index (χ0n) is 11.9. The number of hydrogen-bond donors (Lipinski definition) is 1. The van der Waals surface area contributed by atoms with Crippen LogP contribution >= 0.6 is 0 Å². The standard InChI is InChI=1S/C15H23FN2O/c1-11(19)13-7-4-8-14(16)15(13)18(3)10-12-6-5-9-17(12)2/h4,7-8,11-12,19H,5-6,9-10H2,1-3H3/t11-,12?/m1/s1. The second-order valence-electron chi connectivity index (χ2n) is 5.51. The molecule has 1 aromatic rings. The molecule has 1 aliphatic heterocycles. The quantitative estimate of drug-likeness (QED) is 0.906. The van der Waals surface area contributed by atoms with Crippen LogP contribution in [0.3, 0.4) is 0 Å². The first-order valence-electron chi connectivity index (χ1n) is 6.88. The van der Waals surface area contributed by atoms with Gasteiger partial charge in [-0.05, 0) is 39.4 Å². The molecule has 2 rings (SSSR count). The summed E-state index contributed by atoms with van der Waals surface area (Å²) in [6, 6.07) is 5.36. The summed E-state index contributed by atoms with van der Waals surface area (Å²) in [5.74, 6) is -0.262. The predicted molar refractivity (Wildman–Crippen MR) is 76.0 cm³/mol. The lowest BCUT2D eigenvalue weighted by atomic mass is 10.1. The van der Waals surface area contributed by atoms with Crippen LogP contribution in [0.15, 0.2) is 18.2 Å². The Balaban J connectivity index is 2.20. The van der Waals surface area contributed by atoms with Crippen LogP contribution in [0, 0.1) is 5.82 Å². The van der Waals surface area contributed by atoms with Crippen LogP contribution in [0.2, 0.25) is 0 Å². The van der Waals surface area contributed by atoms with Crippen molar-refractivity contribution in [3.05, 3.63) is 29.6 Å². The van der Waals surface area contributed by atoms with E-state index in [1.807, 2.05) is 11.9 Å². The van der Waals surface area contributed by atoms with Crippen molar-refractivity contribution in [3.63, 3.8) is 0 Å². The number of benzene rings is 1. The van der Waals surface area contributed by atoms with Crippen molar-refractivity contribution in [1.29, 1.82) is 0 Å². The smallest absolute Gasteiger partial charge is 0.146 e. The van der Waals surface area contributed by atoms with Crippen LogP contribution in [-0.4, -0.2) is 43.2 Å². The molecule has 0 spiro atoms. The van der Waals surface area contributed by atoms with Gasteiger partial charge in [0, 0.05) is 25.2 Å². The Morgan fingerprint density at radius 2 is 2.26 bits per heavy atom. The summed E-state index contributed by atoms with van der Waals surface area (Å²) in [4.78, 5) is 4.25. The van der Waals surface area contributed by atoms with E-state index >= 15 is 0 Å². The lowest BCUT2D eigenvalue weighted by Gasteiger charge is -2.29. The Morgan fingerprint density at radius 3 is 2.84 bits per heavy atom. The largest absolute Gasteiger partial charge is 0.389 e. The van der Waals surface area contributed by atoms with E-state index in [0.717, 1.165) is 19.5 Å². The molecule has 2 atom stereocenters. The molecular formula is C15H23FN2O. The zero-order chi connectivity index (χ0) is 14.0. The molecule has 1 fully saturated rings. The highest BCUT2D eigenvalue weighted by Gasteiger charge is 2.24. The van der Waals surface area contributed by atoms with E-state index in [1.54, 1.807) is 19.1 Å². The van der Waals surface area contributed by atoms with Crippen LogP contribution in [-0.2, 0) is 0 Å². The molecule has 1 aliphatic rings. The molecule has 0 bridgehead atoms. The van der Waals surface area contributed by atoms with Crippen LogP contribution < -0.4 is 4.90 Å². The van der Waals surface area contributed by atoms with Crippen molar-refractivity contribution in [3.8, 4) is 0 Å². The molecule has 1 N–H and O–H groups in total. The summed E-state index contributed by atoms with van der Waals surface area (Å²) in [5.41, 5.74) is 1.18. The highest BCUT2D eigenvalue weighted by Crippen LogP contribution is 2.29. The van der Waals surface area contributed by atoms with E-state index in [0.29, 0.717) is 17.3 Å². The normalized spacial score (nSPS) is 21.6. The number of aliphatic hydroxyl groups excluding tert-OH is 1. The maximum atomic E-state index is 14.1. The molecule has 1 unspecified atom stereocenters. The van der Waals surface area contributed by atoms with Gasteiger partial charge in [-0.1, -0.05) is 12.1 Å². The van der Waals surface area contributed by atoms with Gasteiger partial charge in [-0.15, -0.1) is 0 Å². The minimum Gasteiger partial charge on any atom is -0.389 e. The van der Waals surface area contributed by atoms with Crippen molar-refractivity contribution < 1.29 is 9.50 Å². The first-order valence-corrected chi connectivity index (χ1v) is 6.88. The lowest BCUT2D eigenvalue weighted by Crippen LogP contribution is -2.37. The van der Waals surface area contributed by atoms with Crippen LogP contribution in [0.5, 0.6) is 0 Å². The van der Waals surface area contributed by atoms with Crippen molar-refractivity contribution in [1.82, 2.24) is 4.90 Å². The minimum atomic E-state index is -0.658. The number of hydrogen-bond acceptors (Lipinski definition) is 3. The van der Waals surface area contributed by atoms with E-state index in [4.69, 9.17) is 0 Å². The number of rotatable bonds is 4. The Hall–Kier alpha value is -1.13. The molecule has 19 heavy (non-hydrogen) atoms. The number of halogens is 1. The number of para-hydroxylation sites is 1. The first-order chi connectivity index (χ1) is 9.00. The molecule has 0 saturated carbocycles. The molecule has 1 saturated heterocycles. The molecule has 0 aliphatic carbocycles. The molecule has 1 heterocycles. The second-order valence-corrected chi connectivity index (χ2v) is 5.51. The van der Waals surface area contributed by atoms with Crippen molar-refractivity contribution in [2.75, 3.05) is 32.1 Å². The molecule has 3 nitrogen and oxygen atoms in total. The fraction of sp³-hybridized carbons (Fsp3) is 0.600. The first kappa shape index (κ1) is 14.3. The van der Waals surface area contributed by atoms with Gasteiger partial charge in [0.1, 0.15) is 5.82 Å². The van der Waals surface area contributed by atoms with Crippen molar-refractivity contribution in [2.24, 2.45) is 0 Å². The van der Waals surface area contributed by atoms with E-state index in [2.05, 4.69) is 11.9 Å².